The Bertz CT molecular complexity index is 555. The first-order chi connectivity index (χ1) is 11.7. The number of ether oxygens (including phenoxy) is 1. The van der Waals surface area contributed by atoms with Gasteiger partial charge in [0.25, 0.3) is 0 Å². The van der Waals surface area contributed by atoms with E-state index >= 15 is 0 Å². The fourth-order valence-electron chi connectivity index (χ4n) is 3.75. The molecule has 2 atom stereocenters. The maximum Gasteiger partial charge on any atom is 0.407 e. The van der Waals surface area contributed by atoms with Crippen LogP contribution >= 0.6 is 0 Å². The molecule has 2 unspecified atom stereocenters. The number of carbonyl (C=O) groups excluding carboxylic acids is 1. The van der Waals surface area contributed by atoms with Crippen molar-refractivity contribution >= 4 is 6.09 Å². The summed E-state index contributed by atoms with van der Waals surface area (Å²) in [6.45, 7) is 11.6. The molecule has 1 aromatic rings. The van der Waals surface area contributed by atoms with Gasteiger partial charge in [-0.15, -0.1) is 0 Å². The summed E-state index contributed by atoms with van der Waals surface area (Å²) in [7, 11) is 0. The van der Waals surface area contributed by atoms with E-state index in [1.807, 2.05) is 26.8 Å². The lowest BCUT2D eigenvalue weighted by molar-refractivity contribution is 0.0523. The number of hydrogen-bond donors (Lipinski definition) is 2. The van der Waals surface area contributed by atoms with Crippen molar-refractivity contribution < 1.29 is 9.53 Å². The van der Waals surface area contributed by atoms with Crippen LogP contribution in [0.5, 0.6) is 0 Å². The van der Waals surface area contributed by atoms with E-state index in [4.69, 9.17) is 4.74 Å². The zero-order chi connectivity index (χ0) is 18.4. The Hall–Kier alpha value is -1.55. The van der Waals surface area contributed by atoms with Crippen LogP contribution in [0.4, 0.5) is 4.79 Å². The third-order valence-electron chi connectivity index (χ3n) is 4.70. The molecule has 1 amide bonds. The normalized spacial score (nSPS) is 24.0. The van der Waals surface area contributed by atoms with E-state index in [9.17, 15) is 4.79 Å². The molecule has 0 saturated heterocycles. The van der Waals surface area contributed by atoms with Crippen molar-refractivity contribution in [3.8, 4) is 0 Å². The van der Waals surface area contributed by atoms with Crippen molar-refractivity contribution in [3.63, 3.8) is 0 Å². The summed E-state index contributed by atoms with van der Waals surface area (Å²) in [6, 6.07) is 8.86. The van der Waals surface area contributed by atoms with Crippen LogP contribution in [-0.4, -0.2) is 17.7 Å². The molecule has 4 nitrogen and oxygen atoms in total. The smallest absolute Gasteiger partial charge is 0.407 e. The molecule has 4 heteroatoms. The fourth-order valence-corrected chi connectivity index (χ4v) is 3.75. The number of benzene rings is 1. The van der Waals surface area contributed by atoms with Gasteiger partial charge in [0.05, 0.1) is 0 Å². The Morgan fingerprint density at radius 1 is 1.04 bits per heavy atom. The molecule has 2 rings (SSSR count). The summed E-state index contributed by atoms with van der Waals surface area (Å²) in [4.78, 5) is 11.9. The van der Waals surface area contributed by atoms with E-state index in [0.29, 0.717) is 12.6 Å². The lowest BCUT2D eigenvalue weighted by atomic mass is 9.80. The van der Waals surface area contributed by atoms with Gasteiger partial charge < -0.3 is 15.4 Å². The van der Waals surface area contributed by atoms with Gasteiger partial charge >= 0.3 is 6.09 Å². The highest BCUT2D eigenvalue weighted by Gasteiger charge is 2.23. The van der Waals surface area contributed by atoms with Crippen molar-refractivity contribution in [3.05, 3.63) is 35.4 Å². The summed E-state index contributed by atoms with van der Waals surface area (Å²) >= 11 is 0. The first-order valence-electron chi connectivity index (χ1n) is 9.50. The summed E-state index contributed by atoms with van der Waals surface area (Å²) in [5.41, 5.74) is 1.90. The number of alkyl carbamates (subject to hydrolysis) is 1. The second kappa shape index (κ2) is 8.70. The minimum absolute atomic E-state index is 0.370. The second-order valence-electron chi connectivity index (χ2n) is 8.62. The van der Waals surface area contributed by atoms with Crippen molar-refractivity contribution in [1.29, 1.82) is 0 Å². The molecule has 0 bridgehead atoms. The highest BCUT2D eigenvalue weighted by atomic mass is 16.6. The predicted molar refractivity (Wildman–Crippen MR) is 102 cm³/mol. The quantitative estimate of drug-likeness (QED) is 0.817. The third kappa shape index (κ3) is 7.07. The van der Waals surface area contributed by atoms with E-state index in [1.165, 1.54) is 24.8 Å². The van der Waals surface area contributed by atoms with Crippen molar-refractivity contribution in [2.45, 2.75) is 78.6 Å². The molecule has 0 aromatic heterocycles. The van der Waals surface area contributed by atoms with Gasteiger partial charge in [-0.25, -0.2) is 4.79 Å². The van der Waals surface area contributed by atoms with Crippen LogP contribution < -0.4 is 10.6 Å². The molecule has 1 aromatic carbocycles. The van der Waals surface area contributed by atoms with E-state index in [2.05, 4.69) is 42.7 Å². The number of nitrogens with one attached hydrogen (secondary N) is 2. The Morgan fingerprint density at radius 3 is 2.16 bits per heavy atom. The second-order valence-corrected chi connectivity index (χ2v) is 8.62. The van der Waals surface area contributed by atoms with Crippen molar-refractivity contribution in [1.82, 2.24) is 10.6 Å². The molecule has 1 aliphatic carbocycles. The lowest BCUT2D eigenvalue weighted by Crippen LogP contribution is -2.36. The first kappa shape index (κ1) is 19.8. The standard InChI is InChI=1S/C21H34N2O2/c1-15-10-16(2)12-19(11-15)22-13-17-8-6-7-9-18(17)14-23-20(24)25-21(3,4)5/h6-9,15-16,19,22H,10-14H2,1-5H3,(H,23,24). The molecule has 25 heavy (non-hydrogen) atoms. The minimum Gasteiger partial charge on any atom is -0.444 e. The van der Waals surface area contributed by atoms with Crippen LogP contribution in [0.2, 0.25) is 0 Å². The van der Waals surface area contributed by atoms with E-state index in [0.717, 1.165) is 23.9 Å². The molecule has 0 spiro atoms. The van der Waals surface area contributed by atoms with Crippen LogP contribution in [0.25, 0.3) is 0 Å². The summed E-state index contributed by atoms with van der Waals surface area (Å²) in [5, 5.41) is 6.58. The Balaban J connectivity index is 1.88. The summed E-state index contributed by atoms with van der Waals surface area (Å²) < 4.78 is 5.31. The predicted octanol–water partition coefficient (Wildman–Crippen LogP) is 4.63. The average Bonchev–Trinajstić information content (AvgIpc) is 2.49. The molecule has 1 fully saturated rings. The number of amides is 1. The molecular formula is C21H34N2O2. The van der Waals surface area contributed by atoms with Crippen LogP contribution in [-0.2, 0) is 17.8 Å². The molecule has 2 N–H and O–H groups in total. The molecular weight excluding hydrogens is 312 g/mol. The number of rotatable bonds is 5. The molecule has 1 aliphatic rings. The molecule has 140 valence electrons. The molecule has 1 saturated carbocycles. The number of hydrogen-bond acceptors (Lipinski definition) is 3. The van der Waals surface area contributed by atoms with Gasteiger partial charge in [-0.3, -0.25) is 0 Å². The fraction of sp³-hybridized carbons (Fsp3) is 0.667. The minimum atomic E-state index is -0.473. The van der Waals surface area contributed by atoms with Crippen molar-refractivity contribution in [2.75, 3.05) is 0 Å². The van der Waals surface area contributed by atoms with Crippen LogP contribution in [0.15, 0.2) is 24.3 Å². The molecule has 0 aliphatic heterocycles. The van der Waals surface area contributed by atoms with Gasteiger partial charge in [0.2, 0.25) is 0 Å². The largest absolute Gasteiger partial charge is 0.444 e. The van der Waals surface area contributed by atoms with E-state index < -0.39 is 5.60 Å². The van der Waals surface area contributed by atoms with Gasteiger partial charge in [0, 0.05) is 19.1 Å². The third-order valence-corrected chi connectivity index (χ3v) is 4.70. The zero-order valence-electron chi connectivity index (χ0n) is 16.4. The van der Waals surface area contributed by atoms with Crippen LogP contribution in [0, 0.1) is 11.8 Å². The zero-order valence-corrected chi connectivity index (χ0v) is 16.4. The van der Waals surface area contributed by atoms with Gasteiger partial charge in [0.15, 0.2) is 0 Å². The Labute approximate surface area is 152 Å². The highest BCUT2D eigenvalue weighted by molar-refractivity contribution is 5.67. The van der Waals surface area contributed by atoms with E-state index in [-0.39, 0.29) is 6.09 Å². The van der Waals surface area contributed by atoms with Gasteiger partial charge in [-0.05, 0) is 63.0 Å². The number of carbonyl (C=O) groups is 1. The molecule has 0 radical (unpaired) electrons. The monoisotopic (exact) mass is 346 g/mol. The van der Waals surface area contributed by atoms with Gasteiger partial charge in [-0.2, -0.15) is 0 Å². The Morgan fingerprint density at radius 2 is 1.60 bits per heavy atom. The molecule has 0 heterocycles. The summed E-state index contributed by atoms with van der Waals surface area (Å²) in [6.07, 6.45) is 3.48. The van der Waals surface area contributed by atoms with Crippen LogP contribution in [0.3, 0.4) is 0 Å². The maximum atomic E-state index is 11.9. The van der Waals surface area contributed by atoms with Gasteiger partial charge in [0.1, 0.15) is 5.60 Å². The highest BCUT2D eigenvalue weighted by Crippen LogP contribution is 2.28. The summed E-state index contributed by atoms with van der Waals surface area (Å²) in [5.74, 6) is 1.59. The van der Waals surface area contributed by atoms with Crippen molar-refractivity contribution in [2.24, 2.45) is 11.8 Å². The Kier molecular flexibility index (Phi) is 6.88. The van der Waals surface area contributed by atoms with E-state index in [1.54, 1.807) is 0 Å². The lowest BCUT2D eigenvalue weighted by Gasteiger charge is -2.32. The SMILES string of the molecule is CC1CC(C)CC(NCc2ccccc2CNC(=O)OC(C)(C)C)C1. The van der Waals surface area contributed by atoms with Crippen LogP contribution in [0.1, 0.15) is 65.0 Å². The maximum absolute atomic E-state index is 11.9. The topological polar surface area (TPSA) is 50.4 Å². The average molecular weight is 347 g/mol. The van der Waals surface area contributed by atoms with Gasteiger partial charge in [-0.1, -0.05) is 38.1 Å². The first-order valence-corrected chi connectivity index (χ1v) is 9.50.